The van der Waals surface area contributed by atoms with Gasteiger partial charge in [0, 0.05) is 48.7 Å². The van der Waals surface area contributed by atoms with Gasteiger partial charge in [-0.3, -0.25) is 0 Å². The summed E-state index contributed by atoms with van der Waals surface area (Å²) in [5, 5.41) is 20.2. The van der Waals surface area contributed by atoms with E-state index in [4.69, 9.17) is 20.5 Å². The standard InChI is InChI=1S/C29H14N6O5/c30-34-32-16-6-8-18-14(12-16)4-10-22-25(18)39-26-19-9-7-17(33-35-31)13-15(19)5-11-23(26)29(22)24-20(27(36)37)2-1-3-21(24)28(38)40-29/h1-13H,(H,36,37). The molecule has 0 bridgehead atoms. The Labute approximate surface area is 224 Å². The van der Waals surface area contributed by atoms with E-state index in [0.29, 0.717) is 55.5 Å². The van der Waals surface area contributed by atoms with Crippen molar-refractivity contribution in [1.82, 2.24) is 0 Å². The molecule has 11 nitrogen and oxygen atoms in total. The number of hydrogen-bond acceptors (Lipinski definition) is 6. The first-order chi connectivity index (χ1) is 19.5. The van der Waals surface area contributed by atoms with Gasteiger partial charge in [0.1, 0.15) is 11.5 Å². The second-order valence-corrected chi connectivity index (χ2v) is 9.28. The Morgan fingerprint density at radius 2 is 1.38 bits per heavy atom. The minimum Gasteiger partial charge on any atom is -0.478 e. The Morgan fingerprint density at radius 3 is 1.90 bits per heavy atom. The Kier molecular flexibility index (Phi) is 4.76. The second-order valence-electron chi connectivity index (χ2n) is 9.28. The van der Waals surface area contributed by atoms with Crippen molar-refractivity contribution in [3.63, 3.8) is 0 Å². The van der Waals surface area contributed by atoms with Crippen molar-refractivity contribution < 1.29 is 24.2 Å². The fraction of sp³-hybridized carbons (Fsp3) is 0.0345. The highest BCUT2D eigenvalue weighted by Gasteiger charge is 2.56. The first-order valence-electron chi connectivity index (χ1n) is 12.0. The fourth-order valence-corrected chi connectivity index (χ4v) is 5.73. The van der Waals surface area contributed by atoms with Crippen molar-refractivity contribution in [1.29, 1.82) is 0 Å². The molecule has 2 aliphatic heterocycles. The largest absolute Gasteiger partial charge is 0.478 e. The molecule has 1 spiro atoms. The summed E-state index contributed by atoms with van der Waals surface area (Å²) in [5.74, 6) is -1.13. The van der Waals surface area contributed by atoms with Crippen LogP contribution in [-0.2, 0) is 10.3 Å². The van der Waals surface area contributed by atoms with E-state index in [0.717, 1.165) is 0 Å². The van der Waals surface area contributed by atoms with Crippen LogP contribution in [0.2, 0.25) is 0 Å². The average molecular weight is 526 g/mol. The monoisotopic (exact) mass is 526 g/mol. The molecule has 0 aromatic heterocycles. The van der Waals surface area contributed by atoms with Crippen LogP contribution in [0.1, 0.15) is 37.4 Å². The van der Waals surface area contributed by atoms with Gasteiger partial charge in [0.25, 0.3) is 0 Å². The molecule has 0 saturated carbocycles. The number of azide groups is 2. The lowest BCUT2D eigenvalue weighted by Crippen LogP contribution is -2.34. The highest BCUT2D eigenvalue weighted by molar-refractivity contribution is 6.05. The van der Waals surface area contributed by atoms with Crippen molar-refractivity contribution in [3.05, 3.63) is 128 Å². The van der Waals surface area contributed by atoms with Gasteiger partial charge in [-0.15, -0.1) is 0 Å². The van der Waals surface area contributed by atoms with Crippen molar-refractivity contribution in [2.75, 3.05) is 0 Å². The number of ether oxygens (including phenoxy) is 2. The summed E-state index contributed by atoms with van der Waals surface area (Å²) in [5.41, 5.74) is 18.2. The lowest BCUT2D eigenvalue weighted by Gasteiger charge is -2.38. The number of esters is 1. The minimum absolute atomic E-state index is 0.0697. The van der Waals surface area contributed by atoms with Gasteiger partial charge in [0.2, 0.25) is 0 Å². The summed E-state index contributed by atoms with van der Waals surface area (Å²) >= 11 is 0. The van der Waals surface area contributed by atoms with Crippen LogP contribution in [0, 0.1) is 0 Å². The number of carboxylic acid groups (broad SMARTS) is 1. The summed E-state index contributed by atoms with van der Waals surface area (Å²) < 4.78 is 12.8. The van der Waals surface area contributed by atoms with E-state index >= 15 is 0 Å². The van der Waals surface area contributed by atoms with Crippen LogP contribution >= 0.6 is 0 Å². The molecule has 5 aromatic rings. The highest BCUT2D eigenvalue weighted by atomic mass is 16.6. The molecular formula is C29H14N6O5. The van der Waals surface area contributed by atoms with Gasteiger partial charge >= 0.3 is 11.9 Å². The third kappa shape index (κ3) is 3.01. The summed E-state index contributed by atoms with van der Waals surface area (Å²) in [4.78, 5) is 31.5. The number of fused-ring (bicyclic) bond motifs is 10. The summed E-state index contributed by atoms with van der Waals surface area (Å²) in [6.45, 7) is 0. The molecule has 0 atom stereocenters. The minimum atomic E-state index is -1.63. The van der Waals surface area contributed by atoms with Crippen molar-refractivity contribution in [2.24, 2.45) is 10.2 Å². The van der Waals surface area contributed by atoms with Gasteiger partial charge < -0.3 is 14.6 Å². The summed E-state index contributed by atoms with van der Waals surface area (Å²) in [6, 6.07) is 21.7. The lowest BCUT2D eigenvalue weighted by atomic mass is 9.74. The molecule has 0 unspecified atom stereocenters. The number of carbonyl (C=O) groups is 2. The van der Waals surface area contributed by atoms with Gasteiger partial charge in [0.05, 0.1) is 11.1 Å². The molecule has 2 aliphatic rings. The fourth-order valence-electron chi connectivity index (χ4n) is 5.73. The third-order valence-corrected chi connectivity index (χ3v) is 7.30. The van der Waals surface area contributed by atoms with Crippen LogP contribution in [0.3, 0.4) is 0 Å². The van der Waals surface area contributed by atoms with Gasteiger partial charge in [-0.05, 0) is 58.2 Å². The van der Waals surface area contributed by atoms with Crippen LogP contribution < -0.4 is 4.74 Å². The molecule has 0 radical (unpaired) electrons. The average Bonchev–Trinajstić information content (AvgIpc) is 3.25. The number of nitrogens with zero attached hydrogens (tertiary/aromatic N) is 6. The van der Waals surface area contributed by atoms with E-state index in [1.165, 1.54) is 12.1 Å². The topological polar surface area (TPSA) is 170 Å². The predicted molar refractivity (Wildman–Crippen MR) is 144 cm³/mol. The van der Waals surface area contributed by atoms with Crippen molar-refractivity contribution in [2.45, 2.75) is 5.60 Å². The first-order valence-corrected chi connectivity index (χ1v) is 12.0. The van der Waals surface area contributed by atoms with Crippen LogP contribution in [0.5, 0.6) is 11.5 Å². The summed E-state index contributed by atoms with van der Waals surface area (Å²) in [7, 11) is 0. The molecule has 0 saturated heterocycles. The zero-order valence-corrected chi connectivity index (χ0v) is 20.3. The van der Waals surface area contributed by atoms with Gasteiger partial charge in [0.15, 0.2) is 5.60 Å². The van der Waals surface area contributed by atoms with E-state index in [1.807, 2.05) is 0 Å². The molecule has 1 N–H and O–H groups in total. The van der Waals surface area contributed by atoms with E-state index in [-0.39, 0.29) is 16.7 Å². The highest BCUT2D eigenvalue weighted by Crippen LogP contribution is 2.59. The van der Waals surface area contributed by atoms with Crippen LogP contribution in [-0.4, -0.2) is 17.0 Å². The number of benzene rings is 5. The van der Waals surface area contributed by atoms with Gasteiger partial charge in [-0.2, -0.15) is 0 Å². The van der Waals surface area contributed by atoms with E-state index in [2.05, 4.69) is 20.1 Å². The summed E-state index contributed by atoms with van der Waals surface area (Å²) in [6.07, 6.45) is 0. The van der Waals surface area contributed by atoms with Gasteiger partial charge in [-0.25, -0.2) is 9.59 Å². The van der Waals surface area contributed by atoms with E-state index < -0.39 is 17.5 Å². The number of rotatable bonds is 3. The Hall–Kier alpha value is -6.02. The smallest absolute Gasteiger partial charge is 0.340 e. The quantitative estimate of drug-likeness (QED) is 0.108. The third-order valence-electron chi connectivity index (χ3n) is 7.30. The predicted octanol–water partition coefficient (Wildman–Crippen LogP) is 8.14. The van der Waals surface area contributed by atoms with E-state index in [9.17, 15) is 14.7 Å². The molecule has 2 heterocycles. The molecule has 0 amide bonds. The normalized spacial score (nSPS) is 16.2. The Morgan fingerprint density at radius 1 is 0.800 bits per heavy atom. The molecule has 190 valence electrons. The Balaban J connectivity index is 1.63. The van der Waals surface area contributed by atoms with Crippen molar-refractivity contribution in [3.8, 4) is 11.5 Å². The Bertz CT molecular complexity index is 1990. The maximum absolute atomic E-state index is 13.3. The number of carbonyl (C=O) groups excluding carboxylic acids is 1. The SMILES string of the molecule is [N-]=[N+]=Nc1ccc2c3c(ccc2c1)C1(OC(=O)c2cccc(C(=O)O)c21)c1ccc2cc(N=[N+]=[N-])ccc2c1O3. The molecule has 7 rings (SSSR count). The number of hydrogen-bond donors (Lipinski definition) is 1. The second kappa shape index (κ2) is 8.24. The first kappa shape index (κ1) is 23.1. The van der Waals surface area contributed by atoms with Gasteiger partial charge in [-0.1, -0.05) is 52.7 Å². The maximum Gasteiger partial charge on any atom is 0.340 e. The zero-order valence-electron chi connectivity index (χ0n) is 20.3. The molecule has 0 fully saturated rings. The van der Waals surface area contributed by atoms with E-state index in [1.54, 1.807) is 66.7 Å². The molecule has 0 aliphatic carbocycles. The molecular weight excluding hydrogens is 512 g/mol. The zero-order chi connectivity index (χ0) is 27.6. The van der Waals surface area contributed by atoms with Crippen molar-refractivity contribution >= 4 is 44.9 Å². The number of carboxylic acids is 1. The number of aromatic carboxylic acids is 1. The molecule has 11 heteroatoms. The maximum atomic E-state index is 13.3. The van der Waals surface area contributed by atoms with Crippen LogP contribution in [0.4, 0.5) is 11.4 Å². The lowest BCUT2D eigenvalue weighted by molar-refractivity contribution is 0.0220. The molecule has 5 aromatic carbocycles. The van der Waals surface area contributed by atoms with Crippen LogP contribution in [0.25, 0.3) is 42.4 Å². The van der Waals surface area contributed by atoms with Crippen LogP contribution in [0.15, 0.2) is 89.1 Å². The molecule has 40 heavy (non-hydrogen) atoms.